The molecule has 4 nitrogen and oxygen atoms in total. The van der Waals surface area contributed by atoms with Gasteiger partial charge in [-0.1, -0.05) is 35.1 Å². The highest BCUT2D eigenvalue weighted by atomic mass is 35.5. The molecule has 0 radical (unpaired) electrons. The molecule has 0 saturated heterocycles. The molecule has 0 unspecified atom stereocenters. The second kappa shape index (κ2) is 6.32. The number of hydrogen-bond donors (Lipinski definition) is 0. The van der Waals surface area contributed by atoms with E-state index in [1.54, 1.807) is 11.0 Å². The number of nitrogens with zero attached hydrogens (tertiary/aromatic N) is 3. The second-order valence-corrected chi connectivity index (χ2v) is 5.81. The molecule has 0 bridgehead atoms. The van der Waals surface area contributed by atoms with Crippen LogP contribution in [0.3, 0.4) is 0 Å². The van der Waals surface area contributed by atoms with Crippen molar-refractivity contribution in [2.75, 3.05) is 6.54 Å². The van der Waals surface area contributed by atoms with E-state index in [0.29, 0.717) is 23.1 Å². The summed E-state index contributed by atoms with van der Waals surface area (Å²) in [5.74, 6) is -0.174. The maximum Gasteiger partial charge on any atom is 0.285 e. The van der Waals surface area contributed by atoms with E-state index >= 15 is 0 Å². The summed E-state index contributed by atoms with van der Waals surface area (Å²) in [7, 11) is 0. The molecule has 1 amide bonds. The number of carbonyl (C=O) groups is 1. The minimum Gasteiger partial charge on any atom is -0.332 e. The largest absolute Gasteiger partial charge is 0.332 e. The molecule has 0 atom stereocenters. The molecule has 0 fully saturated rings. The lowest BCUT2D eigenvalue weighted by atomic mass is 10.2. The van der Waals surface area contributed by atoms with Crippen LogP contribution in [0.5, 0.6) is 0 Å². The standard InChI is InChI=1S/C12H11Cl2N3OS/c1-2-17(7-8-4-3-5-9(13)6-8)11(18)10-15-16-12(14)19-10/h3-6H,2,7H2,1H3. The van der Waals surface area contributed by atoms with Crippen molar-refractivity contribution in [1.82, 2.24) is 15.1 Å². The van der Waals surface area contributed by atoms with Crippen LogP contribution in [0.4, 0.5) is 0 Å². The van der Waals surface area contributed by atoms with Crippen molar-refractivity contribution in [3.05, 3.63) is 44.3 Å². The third-order valence-electron chi connectivity index (χ3n) is 2.51. The van der Waals surface area contributed by atoms with Gasteiger partial charge in [-0.25, -0.2) is 0 Å². The Labute approximate surface area is 125 Å². The summed E-state index contributed by atoms with van der Waals surface area (Å²) in [6.07, 6.45) is 0. The maximum atomic E-state index is 12.2. The van der Waals surface area contributed by atoms with Gasteiger partial charge in [0.25, 0.3) is 5.91 Å². The van der Waals surface area contributed by atoms with E-state index < -0.39 is 0 Å². The summed E-state index contributed by atoms with van der Waals surface area (Å²) < 4.78 is 0.266. The Morgan fingerprint density at radius 3 is 2.74 bits per heavy atom. The van der Waals surface area contributed by atoms with Crippen LogP contribution in [-0.2, 0) is 6.54 Å². The molecule has 0 aliphatic heterocycles. The molecule has 100 valence electrons. The molecule has 0 aliphatic carbocycles. The van der Waals surface area contributed by atoms with Crippen molar-refractivity contribution < 1.29 is 4.79 Å². The molecule has 0 spiro atoms. The van der Waals surface area contributed by atoms with Crippen molar-refractivity contribution >= 4 is 40.4 Å². The molecular weight excluding hydrogens is 305 g/mol. The number of amides is 1. The van der Waals surface area contributed by atoms with Gasteiger partial charge in [-0.05, 0) is 36.2 Å². The minimum absolute atomic E-state index is 0.174. The Hall–Kier alpha value is -1.17. The van der Waals surface area contributed by atoms with E-state index in [9.17, 15) is 4.79 Å². The fraction of sp³-hybridized carbons (Fsp3) is 0.250. The highest BCUT2D eigenvalue weighted by molar-refractivity contribution is 7.17. The summed E-state index contributed by atoms with van der Waals surface area (Å²) in [6, 6.07) is 7.42. The number of halogens is 2. The van der Waals surface area contributed by atoms with Gasteiger partial charge in [0.15, 0.2) is 0 Å². The average Bonchev–Trinajstić information content (AvgIpc) is 2.82. The van der Waals surface area contributed by atoms with Crippen molar-refractivity contribution in [2.45, 2.75) is 13.5 Å². The topological polar surface area (TPSA) is 46.1 Å². The van der Waals surface area contributed by atoms with Gasteiger partial charge in [0, 0.05) is 18.1 Å². The van der Waals surface area contributed by atoms with E-state index in [4.69, 9.17) is 23.2 Å². The Morgan fingerprint density at radius 1 is 1.37 bits per heavy atom. The van der Waals surface area contributed by atoms with Crippen LogP contribution in [0.25, 0.3) is 0 Å². The summed E-state index contributed by atoms with van der Waals surface area (Å²) in [4.78, 5) is 13.9. The van der Waals surface area contributed by atoms with Crippen molar-refractivity contribution in [2.24, 2.45) is 0 Å². The predicted molar refractivity (Wildman–Crippen MR) is 76.8 cm³/mol. The Bertz CT molecular complexity index is 588. The smallest absolute Gasteiger partial charge is 0.285 e. The lowest BCUT2D eigenvalue weighted by Gasteiger charge is -2.19. The predicted octanol–water partition coefficient (Wildman–Crippen LogP) is 3.51. The van der Waals surface area contributed by atoms with Gasteiger partial charge < -0.3 is 4.90 Å². The molecular formula is C12H11Cl2N3OS. The summed E-state index contributed by atoms with van der Waals surface area (Å²) >= 11 is 12.7. The maximum absolute atomic E-state index is 12.2. The average molecular weight is 316 g/mol. The normalized spacial score (nSPS) is 10.5. The Kier molecular flexibility index (Phi) is 4.74. The molecule has 0 aliphatic rings. The van der Waals surface area contributed by atoms with Crippen molar-refractivity contribution in [3.63, 3.8) is 0 Å². The van der Waals surface area contributed by atoms with Gasteiger partial charge in [0.1, 0.15) is 0 Å². The molecule has 19 heavy (non-hydrogen) atoms. The highest BCUT2D eigenvalue weighted by Crippen LogP contribution is 2.18. The quantitative estimate of drug-likeness (QED) is 0.867. The molecule has 0 N–H and O–H groups in total. The van der Waals surface area contributed by atoms with E-state index in [-0.39, 0.29) is 10.4 Å². The number of rotatable bonds is 4. The molecule has 2 rings (SSSR count). The number of carbonyl (C=O) groups excluding carboxylic acids is 1. The fourth-order valence-electron chi connectivity index (χ4n) is 1.61. The van der Waals surface area contributed by atoms with Gasteiger partial charge in [0.05, 0.1) is 0 Å². The van der Waals surface area contributed by atoms with Gasteiger partial charge in [-0.3, -0.25) is 4.79 Å². The molecule has 0 saturated carbocycles. The zero-order valence-corrected chi connectivity index (χ0v) is 12.5. The van der Waals surface area contributed by atoms with Crippen molar-refractivity contribution in [1.29, 1.82) is 0 Å². The van der Waals surface area contributed by atoms with Crippen LogP contribution in [0.2, 0.25) is 9.49 Å². The van der Waals surface area contributed by atoms with Crippen LogP contribution in [0, 0.1) is 0 Å². The van der Waals surface area contributed by atoms with Crippen LogP contribution in [-0.4, -0.2) is 27.5 Å². The Morgan fingerprint density at radius 2 is 2.16 bits per heavy atom. The SMILES string of the molecule is CCN(Cc1cccc(Cl)c1)C(=O)c1nnc(Cl)s1. The summed E-state index contributed by atoms with van der Waals surface area (Å²) in [5.41, 5.74) is 0.971. The molecule has 7 heteroatoms. The third-order valence-corrected chi connectivity index (χ3v) is 3.76. The van der Waals surface area contributed by atoms with Crippen LogP contribution in [0.15, 0.2) is 24.3 Å². The van der Waals surface area contributed by atoms with Crippen LogP contribution < -0.4 is 0 Å². The lowest BCUT2D eigenvalue weighted by Crippen LogP contribution is -2.30. The van der Waals surface area contributed by atoms with Crippen LogP contribution >= 0.6 is 34.5 Å². The first-order chi connectivity index (χ1) is 9.10. The second-order valence-electron chi connectivity index (χ2n) is 3.81. The first kappa shape index (κ1) is 14.2. The van der Waals surface area contributed by atoms with E-state index in [1.807, 2.05) is 25.1 Å². The van der Waals surface area contributed by atoms with Crippen molar-refractivity contribution in [3.8, 4) is 0 Å². The zero-order valence-electron chi connectivity index (χ0n) is 10.1. The van der Waals surface area contributed by atoms with Gasteiger partial charge in [-0.15, -0.1) is 10.2 Å². The third kappa shape index (κ3) is 3.65. The first-order valence-corrected chi connectivity index (χ1v) is 7.20. The molecule has 2 aromatic rings. The number of benzene rings is 1. The van der Waals surface area contributed by atoms with Crippen LogP contribution in [0.1, 0.15) is 22.3 Å². The first-order valence-electron chi connectivity index (χ1n) is 5.63. The van der Waals surface area contributed by atoms with E-state index in [2.05, 4.69) is 10.2 Å². The van der Waals surface area contributed by atoms with E-state index in [0.717, 1.165) is 16.9 Å². The lowest BCUT2D eigenvalue weighted by molar-refractivity contribution is 0.0751. The number of aromatic nitrogens is 2. The monoisotopic (exact) mass is 315 g/mol. The number of hydrogen-bond acceptors (Lipinski definition) is 4. The molecule has 1 heterocycles. The minimum atomic E-state index is -0.174. The van der Waals surface area contributed by atoms with Gasteiger partial charge >= 0.3 is 0 Å². The van der Waals surface area contributed by atoms with E-state index in [1.165, 1.54) is 0 Å². The molecule has 1 aromatic carbocycles. The summed E-state index contributed by atoms with van der Waals surface area (Å²) in [5, 5.41) is 8.36. The summed E-state index contributed by atoms with van der Waals surface area (Å²) in [6.45, 7) is 2.96. The highest BCUT2D eigenvalue weighted by Gasteiger charge is 2.19. The Balaban J connectivity index is 2.14. The molecule has 1 aromatic heterocycles. The zero-order chi connectivity index (χ0) is 13.8. The van der Waals surface area contributed by atoms with Gasteiger partial charge in [0.2, 0.25) is 9.47 Å². The van der Waals surface area contributed by atoms with Gasteiger partial charge in [-0.2, -0.15) is 0 Å². The fourth-order valence-corrected chi connectivity index (χ4v) is 2.62.